The van der Waals surface area contributed by atoms with Crippen LogP contribution in [0.1, 0.15) is 25.7 Å². The third-order valence-electron chi connectivity index (χ3n) is 5.45. The number of halogens is 1. The van der Waals surface area contributed by atoms with Crippen molar-refractivity contribution in [2.75, 3.05) is 40.6 Å². The van der Waals surface area contributed by atoms with Crippen molar-refractivity contribution >= 4 is 15.9 Å². The van der Waals surface area contributed by atoms with E-state index in [-0.39, 0.29) is 6.61 Å². The smallest absolute Gasteiger partial charge is 0.175 e. The molecule has 182 valence electrons. The fourth-order valence-corrected chi connectivity index (χ4v) is 4.11. The first-order valence-electron chi connectivity index (χ1n) is 11.6. The molecule has 5 nitrogen and oxygen atoms in total. The van der Waals surface area contributed by atoms with Crippen LogP contribution in [0.2, 0.25) is 0 Å². The van der Waals surface area contributed by atoms with E-state index in [0.29, 0.717) is 24.7 Å². The van der Waals surface area contributed by atoms with Crippen molar-refractivity contribution in [2.24, 2.45) is 0 Å². The van der Waals surface area contributed by atoms with E-state index in [1.54, 1.807) is 14.2 Å². The molecule has 0 saturated carbocycles. The molecule has 0 aliphatic heterocycles. The van der Waals surface area contributed by atoms with Gasteiger partial charge in [0.05, 0.1) is 24.8 Å². The lowest BCUT2D eigenvalue weighted by atomic mass is 10.00. The molecule has 0 saturated heterocycles. The van der Waals surface area contributed by atoms with Crippen LogP contribution >= 0.6 is 15.9 Å². The molecule has 0 aliphatic rings. The van der Waals surface area contributed by atoms with E-state index >= 15 is 0 Å². The summed E-state index contributed by atoms with van der Waals surface area (Å²) in [7, 11) is 3.36. The molecule has 0 bridgehead atoms. The number of hydrogen-bond donors (Lipinski definition) is 1. The van der Waals surface area contributed by atoms with Crippen LogP contribution in [0.5, 0.6) is 17.2 Å². The molecule has 1 N–H and O–H groups in total. The Balaban J connectivity index is 1.66. The summed E-state index contributed by atoms with van der Waals surface area (Å²) >= 11 is 3.62. The minimum absolute atomic E-state index is 0.170. The van der Waals surface area contributed by atoms with Crippen molar-refractivity contribution in [3.63, 3.8) is 0 Å². The summed E-state index contributed by atoms with van der Waals surface area (Å²) in [6.45, 7) is 2.17. The van der Waals surface area contributed by atoms with E-state index in [1.807, 2.05) is 24.3 Å². The number of hydrogen-bond acceptors (Lipinski definition) is 5. The lowest BCUT2D eigenvalue weighted by Gasteiger charge is -2.15. The van der Waals surface area contributed by atoms with Gasteiger partial charge in [0, 0.05) is 20.3 Å². The zero-order valence-electron chi connectivity index (χ0n) is 19.9. The molecule has 0 radical (unpaired) electrons. The van der Waals surface area contributed by atoms with E-state index in [4.69, 9.17) is 24.1 Å². The average Bonchev–Trinajstić information content (AvgIpc) is 2.87. The predicted octanol–water partition coefficient (Wildman–Crippen LogP) is 6.75. The fourth-order valence-electron chi connectivity index (χ4n) is 3.55. The van der Waals surface area contributed by atoms with Gasteiger partial charge in [-0.3, -0.25) is 0 Å². The Kier molecular flexibility index (Phi) is 10.7. The van der Waals surface area contributed by atoms with Gasteiger partial charge in [0.15, 0.2) is 11.5 Å². The summed E-state index contributed by atoms with van der Waals surface area (Å²) in [4.78, 5) is 0. The SMILES string of the molecule is COCCCCOc1ccc(-c2ccc(-c3cc(Br)c(OCCCCO)c(OC)c3)cc2)cc1. The zero-order chi connectivity index (χ0) is 24.2. The topological polar surface area (TPSA) is 57.2 Å². The highest BCUT2D eigenvalue weighted by Crippen LogP contribution is 2.40. The van der Waals surface area contributed by atoms with E-state index in [0.717, 1.165) is 64.8 Å². The molecule has 0 aliphatic carbocycles. The number of aliphatic hydroxyl groups is 1. The summed E-state index contributed by atoms with van der Waals surface area (Å²) < 4.78 is 23.2. The van der Waals surface area contributed by atoms with Gasteiger partial charge in [-0.2, -0.15) is 0 Å². The first-order valence-corrected chi connectivity index (χ1v) is 12.4. The number of aliphatic hydroxyl groups excluding tert-OH is 1. The Hall–Kier alpha value is -2.54. The van der Waals surface area contributed by atoms with Gasteiger partial charge in [0.25, 0.3) is 0 Å². The number of methoxy groups -OCH3 is 2. The second-order valence-electron chi connectivity index (χ2n) is 7.92. The summed E-state index contributed by atoms with van der Waals surface area (Å²) in [6, 6.07) is 20.7. The molecule has 0 heterocycles. The van der Waals surface area contributed by atoms with Gasteiger partial charge in [-0.05, 0) is 88.1 Å². The van der Waals surface area contributed by atoms with Gasteiger partial charge >= 0.3 is 0 Å². The molecule has 34 heavy (non-hydrogen) atoms. The minimum atomic E-state index is 0.170. The molecule has 0 amide bonds. The molecule has 3 aromatic rings. The lowest BCUT2D eigenvalue weighted by molar-refractivity contribution is 0.184. The van der Waals surface area contributed by atoms with Crippen molar-refractivity contribution in [3.8, 4) is 39.5 Å². The molecular weight excluding hydrogens is 496 g/mol. The molecular formula is C28H33BrO5. The highest BCUT2D eigenvalue weighted by molar-refractivity contribution is 9.10. The first-order chi connectivity index (χ1) is 16.7. The van der Waals surface area contributed by atoms with E-state index in [9.17, 15) is 0 Å². The molecule has 0 spiro atoms. The molecule has 3 rings (SSSR count). The number of benzene rings is 3. The van der Waals surface area contributed by atoms with Crippen LogP contribution in [0.4, 0.5) is 0 Å². The fraction of sp³-hybridized carbons (Fsp3) is 0.357. The summed E-state index contributed by atoms with van der Waals surface area (Å²) in [6.07, 6.45) is 3.49. The van der Waals surface area contributed by atoms with E-state index < -0.39 is 0 Å². The lowest BCUT2D eigenvalue weighted by Crippen LogP contribution is -2.01. The van der Waals surface area contributed by atoms with Crippen LogP contribution in [0, 0.1) is 0 Å². The summed E-state index contributed by atoms with van der Waals surface area (Å²) in [5.41, 5.74) is 4.41. The zero-order valence-corrected chi connectivity index (χ0v) is 21.5. The monoisotopic (exact) mass is 528 g/mol. The number of ether oxygens (including phenoxy) is 4. The normalized spacial score (nSPS) is 10.8. The third kappa shape index (κ3) is 7.49. The van der Waals surface area contributed by atoms with Crippen molar-refractivity contribution in [2.45, 2.75) is 25.7 Å². The Morgan fingerprint density at radius 3 is 1.85 bits per heavy atom. The van der Waals surface area contributed by atoms with Crippen LogP contribution in [0.15, 0.2) is 65.1 Å². The van der Waals surface area contributed by atoms with Crippen molar-refractivity contribution in [1.82, 2.24) is 0 Å². The molecule has 0 unspecified atom stereocenters. The Bertz CT molecular complexity index is 1000. The third-order valence-corrected chi connectivity index (χ3v) is 6.03. The van der Waals surface area contributed by atoms with Gasteiger partial charge in [-0.1, -0.05) is 36.4 Å². The van der Waals surface area contributed by atoms with Crippen molar-refractivity contribution in [3.05, 3.63) is 65.1 Å². The van der Waals surface area contributed by atoms with Crippen LogP contribution in [-0.4, -0.2) is 45.8 Å². The summed E-state index contributed by atoms with van der Waals surface area (Å²) in [5.74, 6) is 2.24. The van der Waals surface area contributed by atoms with Gasteiger partial charge in [0.1, 0.15) is 5.75 Å². The highest BCUT2D eigenvalue weighted by Gasteiger charge is 2.13. The molecule has 3 aromatic carbocycles. The average molecular weight is 529 g/mol. The van der Waals surface area contributed by atoms with Crippen LogP contribution in [0.25, 0.3) is 22.3 Å². The number of unbranched alkanes of at least 4 members (excludes halogenated alkanes) is 2. The van der Waals surface area contributed by atoms with Gasteiger partial charge in [0.2, 0.25) is 0 Å². The van der Waals surface area contributed by atoms with Gasteiger partial charge in [-0.15, -0.1) is 0 Å². The molecule has 0 atom stereocenters. The van der Waals surface area contributed by atoms with Crippen LogP contribution in [0.3, 0.4) is 0 Å². The molecule has 6 heteroatoms. The molecule has 0 aromatic heterocycles. The van der Waals surface area contributed by atoms with Gasteiger partial charge < -0.3 is 24.1 Å². The second kappa shape index (κ2) is 14.0. The minimum Gasteiger partial charge on any atom is -0.494 e. The Labute approximate surface area is 210 Å². The maximum Gasteiger partial charge on any atom is 0.175 e. The maximum absolute atomic E-state index is 8.94. The maximum atomic E-state index is 8.94. The molecule has 0 fully saturated rings. The predicted molar refractivity (Wildman–Crippen MR) is 140 cm³/mol. The van der Waals surface area contributed by atoms with Gasteiger partial charge in [-0.25, -0.2) is 0 Å². The standard InChI is InChI=1S/C28H33BrO5/c1-31-16-5-6-17-33-25-13-11-22(12-14-25)21-7-9-23(10-8-21)24-19-26(29)28(27(20-24)32-2)34-18-4-3-15-30/h7-14,19-20,30H,3-6,15-18H2,1-2H3. The second-order valence-corrected chi connectivity index (χ2v) is 8.77. The first kappa shape index (κ1) is 26.1. The van der Waals surface area contributed by atoms with E-state index in [2.05, 4.69) is 52.3 Å². The van der Waals surface area contributed by atoms with Crippen molar-refractivity contribution < 1.29 is 24.1 Å². The highest BCUT2D eigenvalue weighted by atomic mass is 79.9. The quantitative estimate of drug-likeness (QED) is 0.234. The summed E-state index contributed by atoms with van der Waals surface area (Å²) in [5, 5.41) is 8.94. The van der Waals surface area contributed by atoms with Crippen molar-refractivity contribution in [1.29, 1.82) is 0 Å². The van der Waals surface area contributed by atoms with E-state index in [1.165, 1.54) is 0 Å². The van der Waals surface area contributed by atoms with Crippen LogP contribution < -0.4 is 14.2 Å². The largest absolute Gasteiger partial charge is 0.494 e. The Morgan fingerprint density at radius 1 is 0.676 bits per heavy atom. The number of rotatable bonds is 14. The van der Waals surface area contributed by atoms with Crippen LogP contribution in [-0.2, 0) is 4.74 Å². The Morgan fingerprint density at radius 2 is 1.24 bits per heavy atom.